The summed E-state index contributed by atoms with van der Waals surface area (Å²) < 4.78 is 1.52. The van der Waals surface area contributed by atoms with E-state index in [4.69, 9.17) is 0 Å². The van der Waals surface area contributed by atoms with Crippen LogP contribution in [0.3, 0.4) is 0 Å². The molecule has 0 saturated carbocycles. The lowest BCUT2D eigenvalue weighted by Crippen LogP contribution is -2.11. The second-order valence-electron chi connectivity index (χ2n) is 4.32. The van der Waals surface area contributed by atoms with Crippen molar-refractivity contribution in [1.82, 2.24) is 19.5 Å². The van der Waals surface area contributed by atoms with E-state index in [2.05, 4.69) is 21.9 Å². The number of unbranched alkanes of at least 4 members (excludes halogenated alkanes) is 3. The van der Waals surface area contributed by atoms with E-state index in [1.807, 2.05) is 0 Å². The van der Waals surface area contributed by atoms with Crippen molar-refractivity contribution in [3.05, 3.63) is 22.5 Å². The largest absolute Gasteiger partial charge is 0.327 e. The third-order valence-corrected chi connectivity index (χ3v) is 2.96. The Morgan fingerprint density at radius 2 is 2.18 bits per heavy atom. The maximum Gasteiger partial charge on any atom is 0.327 e. The Labute approximate surface area is 99.9 Å². The van der Waals surface area contributed by atoms with E-state index >= 15 is 0 Å². The molecule has 0 saturated heterocycles. The average molecular weight is 234 g/mol. The quantitative estimate of drug-likeness (QED) is 0.802. The van der Waals surface area contributed by atoms with Gasteiger partial charge in [0.1, 0.15) is 11.3 Å². The molecule has 0 unspecified atom stereocenters. The van der Waals surface area contributed by atoms with E-state index in [1.165, 1.54) is 23.8 Å². The van der Waals surface area contributed by atoms with Gasteiger partial charge >= 0.3 is 5.69 Å². The first kappa shape index (κ1) is 11.8. The van der Waals surface area contributed by atoms with E-state index in [0.29, 0.717) is 5.65 Å². The Morgan fingerprint density at radius 3 is 2.94 bits per heavy atom. The number of aryl methyl sites for hydroxylation is 2. The van der Waals surface area contributed by atoms with Gasteiger partial charge < -0.3 is 0 Å². The fourth-order valence-corrected chi connectivity index (χ4v) is 1.87. The van der Waals surface area contributed by atoms with E-state index in [9.17, 15) is 4.79 Å². The summed E-state index contributed by atoms with van der Waals surface area (Å²) in [5.74, 6) is 0.815. The number of aromatic nitrogens is 4. The van der Waals surface area contributed by atoms with Crippen molar-refractivity contribution < 1.29 is 0 Å². The summed E-state index contributed by atoms with van der Waals surface area (Å²) >= 11 is 0. The highest BCUT2D eigenvalue weighted by molar-refractivity contribution is 5.69. The number of aromatic amines is 1. The topological polar surface area (TPSA) is 63.6 Å². The zero-order valence-electron chi connectivity index (χ0n) is 10.4. The molecule has 0 fully saturated rings. The SMILES string of the molecule is CCCCCCc1ncc2c(n1)[nH]c(=O)n2C. The summed E-state index contributed by atoms with van der Waals surface area (Å²) in [5.41, 5.74) is 1.25. The van der Waals surface area contributed by atoms with Crippen molar-refractivity contribution in [3.63, 3.8) is 0 Å². The molecule has 0 aliphatic carbocycles. The fourth-order valence-electron chi connectivity index (χ4n) is 1.87. The van der Waals surface area contributed by atoms with E-state index in [0.717, 1.165) is 24.2 Å². The van der Waals surface area contributed by atoms with Gasteiger partial charge in [-0.1, -0.05) is 26.2 Å². The van der Waals surface area contributed by atoms with Gasteiger partial charge in [-0.05, 0) is 6.42 Å². The Kier molecular flexibility index (Phi) is 3.56. The molecule has 0 spiro atoms. The van der Waals surface area contributed by atoms with Crippen LogP contribution in [0.2, 0.25) is 0 Å². The van der Waals surface area contributed by atoms with Crippen LogP contribution in [0.5, 0.6) is 0 Å². The number of imidazole rings is 1. The Balaban J connectivity index is 2.12. The average Bonchev–Trinajstić information content (AvgIpc) is 2.61. The number of hydrogen-bond donors (Lipinski definition) is 1. The van der Waals surface area contributed by atoms with Crippen molar-refractivity contribution in [2.45, 2.75) is 39.0 Å². The molecule has 2 heterocycles. The minimum absolute atomic E-state index is 0.141. The smallest absolute Gasteiger partial charge is 0.292 e. The maximum atomic E-state index is 11.4. The molecule has 5 heteroatoms. The molecule has 0 radical (unpaired) electrons. The first-order valence-corrected chi connectivity index (χ1v) is 6.13. The van der Waals surface area contributed by atoms with Crippen LogP contribution in [0.25, 0.3) is 11.2 Å². The van der Waals surface area contributed by atoms with Gasteiger partial charge in [0.05, 0.1) is 6.20 Å². The lowest BCUT2D eigenvalue weighted by Gasteiger charge is -2.00. The molecule has 5 nitrogen and oxygen atoms in total. The molecule has 0 atom stereocenters. The maximum absolute atomic E-state index is 11.4. The van der Waals surface area contributed by atoms with Crippen molar-refractivity contribution in [2.24, 2.45) is 7.05 Å². The van der Waals surface area contributed by atoms with Crippen molar-refractivity contribution >= 4 is 11.2 Å². The number of hydrogen-bond acceptors (Lipinski definition) is 3. The van der Waals surface area contributed by atoms with Crippen LogP contribution in [-0.4, -0.2) is 19.5 Å². The molecule has 0 bridgehead atoms. The van der Waals surface area contributed by atoms with Crippen molar-refractivity contribution in [1.29, 1.82) is 0 Å². The molecule has 92 valence electrons. The third-order valence-electron chi connectivity index (χ3n) is 2.96. The van der Waals surface area contributed by atoms with E-state index < -0.39 is 0 Å². The standard InChI is InChI=1S/C12H18N4O/c1-3-4-5-6-7-10-13-8-9-11(14-10)15-12(17)16(9)2/h8H,3-7H2,1-2H3,(H,13,14,15,17). The third kappa shape index (κ3) is 2.54. The molecule has 2 aromatic heterocycles. The second kappa shape index (κ2) is 5.12. The molecule has 0 aromatic carbocycles. The molecule has 0 aliphatic heterocycles. The lowest BCUT2D eigenvalue weighted by atomic mass is 10.1. The Bertz CT molecular complexity index is 555. The summed E-state index contributed by atoms with van der Waals surface area (Å²) in [5, 5.41) is 0. The van der Waals surface area contributed by atoms with Crippen LogP contribution in [0.15, 0.2) is 11.0 Å². The highest BCUT2D eigenvalue weighted by atomic mass is 16.1. The molecular weight excluding hydrogens is 216 g/mol. The number of H-pyrrole nitrogens is 1. The molecule has 17 heavy (non-hydrogen) atoms. The first-order valence-electron chi connectivity index (χ1n) is 6.13. The predicted molar refractivity (Wildman–Crippen MR) is 67.0 cm³/mol. The fraction of sp³-hybridized carbons (Fsp3) is 0.583. The number of rotatable bonds is 5. The van der Waals surface area contributed by atoms with Gasteiger partial charge in [-0.3, -0.25) is 9.55 Å². The number of nitrogens with zero attached hydrogens (tertiary/aromatic N) is 3. The molecule has 1 N–H and O–H groups in total. The minimum atomic E-state index is -0.141. The van der Waals surface area contributed by atoms with Gasteiger partial charge in [0.25, 0.3) is 0 Å². The monoisotopic (exact) mass is 234 g/mol. The summed E-state index contributed by atoms with van der Waals surface area (Å²) in [4.78, 5) is 22.8. The number of fused-ring (bicyclic) bond motifs is 1. The van der Waals surface area contributed by atoms with Crippen molar-refractivity contribution in [2.75, 3.05) is 0 Å². The van der Waals surface area contributed by atoms with E-state index in [1.54, 1.807) is 13.2 Å². The van der Waals surface area contributed by atoms with Gasteiger partial charge in [-0.25, -0.2) is 14.8 Å². The summed E-state index contributed by atoms with van der Waals surface area (Å²) in [6, 6.07) is 0. The normalized spacial score (nSPS) is 11.2. The number of nitrogens with one attached hydrogen (secondary N) is 1. The predicted octanol–water partition coefficient (Wildman–Crippen LogP) is 1.78. The van der Waals surface area contributed by atoms with Gasteiger partial charge in [0.15, 0.2) is 5.65 Å². The van der Waals surface area contributed by atoms with E-state index in [-0.39, 0.29) is 5.69 Å². The van der Waals surface area contributed by atoms with Gasteiger partial charge in [-0.2, -0.15) is 0 Å². The summed E-state index contributed by atoms with van der Waals surface area (Å²) in [6.45, 7) is 2.19. The minimum Gasteiger partial charge on any atom is -0.292 e. The van der Waals surface area contributed by atoms with Crippen LogP contribution >= 0.6 is 0 Å². The zero-order valence-corrected chi connectivity index (χ0v) is 10.4. The Hall–Kier alpha value is -1.65. The summed E-state index contributed by atoms with van der Waals surface area (Å²) in [6.07, 6.45) is 7.40. The van der Waals surface area contributed by atoms with Crippen LogP contribution in [0.4, 0.5) is 0 Å². The molecule has 0 amide bonds. The zero-order chi connectivity index (χ0) is 12.3. The molecule has 0 aliphatic rings. The van der Waals surface area contributed by atoms with Crippen LogP contribution in [0, 0.1) is 0 Å². The lowest BCUT2D eigenvalue weighted by molar-refractivity contribution is 0.653. The second-order valence-corrected chi connectivity index (χ2v) is 4.32. The van der Waals surface area contributed by atoms with Crippen LogP contribution in [-0.2, 0) is 13.5 Å². The molecular formula is C12H18N4O. The van der Waals surface area contributed by atoms with Gasteiger partial charge in [0.2, 0.25) is 0 Å². The molecule has 2 rings (SSSR count). The first-order chi connectivity index (χ1) is 8.22. The van der Waals surface area contributed by atoms with Crippen LogP contribution in [0.1, 0.15) is 38.4 Å². The molecule has 2 aromatic rings. The van der Waals surface area contributed by atoms with Crippen molar-refractivity contribution in [3.8, 4) is 0 Å². The Morgan fingerprint density at radius 1 is 1.35 bits per heavy atom. The summed E-state index contributed by atoms with van der Waals surface area (Å²) in [7, 11) is 1.71. The highest BCUT2D eigenvalue weighted by Crippen LogP contribution is 2.08. The van der Waals surface area contributed by atoms with Gasteiger partial charge in [0, 0.05) is 13.5 Å². The van der Waals surface area contributed by atoms with Crippen LogP contribution < -0.4 is 5.69 Å². The van der Waals surface area contributed by atoms with Gasteiger partial charge in [-0.15, -0.1) is 0 Å². The highest BCUT2D eigenvalue weighted by Gasteiger charge is 2.06.